The molecule has 0 aliphatic heterocycles. The molecule has 0 unspecified atom stereocenters. The normalized spacial score (nSPS) is 12.4. The summed E-state index contributed by atoms with van der Waals surface area (Å²) in [5, 5.41) is 4.87. The zero-order valence-corrected chi connectivity index (χ0v) is 17.4. The highest BCUT2D eigenvalue weighted by Gasteiger charge is 2.23. The lowest BCUT2D eigenvalue weighted by Gasteiger charge is -2.20. The van der Waals surface area contributed by atoms with Crippen molar-refractivity contribution in [1.82, 2.24) is 5.32 Å². The fourth-order valence-electron chi connectivity index (χ4n) is 3.28. The Hall–Kier alpha value is -3.14. The summed E-state index contributed by atoms with van der Waals surface area (Å²) in [5.41, 5.74) is 2.76. The first-order chi connectivity index (χ1) is 13.8. The van der Waals surface area contributed by atoms with Crippen molar-refractivity contribution in [3.8, 4) is 0 Å². The van der Waals surface area contributed by atoms with Gasteiger partial charge in [-0.2, -0.15) is 0 Å². The van der Waals surface area contributed by atoms with Crippen LogP contribution in [0.2, 0.25) is 0 Å². The van der Waals surface area contributed by atoms with Gasteiger partial charge >= 0.3 is 5.97 Å². The number of benzene rings is 3. The lowest BCUT2D eigenvalue weighted by molar-refractivity contribution is -0.142. The average molecular weight is 389 g/mol. The quantitative estimate of drug-likeness (QED) is 0.646. The van der Waals surface area contributed by atoms with Gasteiger partial charge in [0.25, 0.3) is 5.91 Å². The van der Waals surface area contributed by atoms with Gasteiger partial charge in [0, 0.05) is 12.0 Å². The maximum atomic E-state index is 12.8. The summed E-state index contributed by atoms with van der Waals surface area (Å²) in [7, 11) is 1.33. The number of rotatable bonds is 5. The van der Waals surface area contributed by atoms with Crippen LogP contribution in [-0.2, 0) is 21.4 Å². The van der Waals surface area contributed by atoms with Gasteiger partial charge < -0.3 is 10.1 Å². The first-order valence-corrected chi connectivity index (χ1v) is 9.75. The highest BCUT2D eigenvalue weighted by Crippen LogP contribution is 2.22. The van der Waals surface area contributed by atoms with Gasteiger partial charge in [-0.25, -0.2) is 4.79 Å². The molecule has 150 valence electrons. The minimum atomic E-state index is -0.751. The lowest BCUT2D eigenvalue weighted by Crippen LogP contribution is -2.43. The predicted octanol–water partition coefficient (Wildman–Crippen LogP) is 4.65. The van der Waals surface area contributed by atoms with Gasteiger partial charge in [-0.1, -0.05) is 75.4 Å². The van der Waals surface area contributed by atoms with E-state index in [9.17, 15) is 9.59 Å². The predicted molar refractivity (Wildman–Crippen MR) is 116 cm³/mol. The zero-order valence-electron chi connectivity index (χ0n) is 17.4. The Morgan fingerprint density at radius 1 is 0.931 bits per heavy atom. The molecule has 4 heteroatoms. The van der Waals surface area contributed by atoms with Crippen molar-refractivity contribution >= 4 is 22.6 Å². The van der Waals surface area contributed by atoms with Crippen LogP contribution in [0.4, 0.5) is 0 Å². The Morgan fingerprint density at radius 2 is 1.59 bits per heavy atom. The Morgan fingerprint density at radius 3 is 2.21 bits per heavy atom. The smallest absolute Gasteiger partial charge is 0.328 e. The van der Waals surface area contributed by atoms with Crippen molar-refractivity contribution in [3.63, 3.8) is 0 Å². The third-order valence-corrected chi connectivity index (χ3v) is 5.06. The van der Waals surface area contributed by atoms with E-state index in [0.717, 1.165) is 16.3 Å². The third-order valence-electron chi connectivity index (χ3n) is 5.06. The Kier molecular flexibility index (Phi) is 6.02. The molecule has 1 amide bonds. The van der Waals surface area contributed by atoms with Crippen LogP contribution in [0.3, 0.4) is 0 Å². The van der Waals surface area contributed by atoms with Crippen molar-refractivity contribution in [2.45, 2.75) is 38.6 Å². The number of amides is 1. The van der Waals surface area contributed by atoms with Crippen LogP contribution < -0.4 is 5.32 Å². The second-order valence-electron chi connectivity index (χ2n) is 8.26. The fourth-order valence-corrected chi connectivity index (χ4v) is 3.28. The molecule has 0 aromatic heterocycles. The van der Waals surface area contributed by atoms with E-state index in [0.29, 0.717) is 12.0 Å². The van der Waals surface area contributed by atoms with Crippen molar-refractivity contribution in [2.75, 3.05) is 7.11 Å². The number of methoxy groups -OCH3 is 1. The van der Waals surface area contributed by atoms with Crippen LogP contribution in [0, 0.1) is 0 Å². The third kappa shape index (κ3) is 5.02. The van der Waals surface area contributed by atoms with Crippen LogP contribution in [-0.4, -0.2) is 25.0 Å². The number of carbonyl (C=O) groups is 2. The minimum absolute atomic E-state index is 0.0601. The molecular weight excluding hydrogens is 362 g/mol. The maximum Gasteiger partial charge on any atom is 0.328 e. The molecule has 3 rings (SSSR count). The van der Waals surface area contributed by atoms with Gasteiger partial charge in [0.2, 0.25) is 0 Å². The summed E-state index contributed by atoms with van der Waals surface area (Å²) in [5.74, 6) is -0.753. The number of carbonyl (C=O) groups excluding carboxylic acids is 2. The maximum absolute atomic E-state index is 12.8. The highest BCUT2D eigenvalue weighted by molar-refractivity contribution is 6.00. The van der Waals surface area contributed by atoms with Gasteiger partial charge in [-0.05, 0) is 39.4 Å². The molecule has 4 nitrogen and oxygen atoms in total. The molecule has 0 bridgehead atoms. The molecule has 29 heavy (non-hydrogen) atoms. The SMILES string of the molecule is COC(=O)[C@@H](Cc1ccc(C(C)(C)C)cc1)NC(=O)c1ccc2ccccc2c1. The standard InChI is InChI=1S/C25H27NO3/c1-25(2,3)21-13-9-17(10-14-21)15-22(24(28)29-4)26-23(27)20-12-11-18-7-5-6-8-19(18)16-20/h5-14,16,22H,15H2,1-4H3,(H,26,27)/t22-/m1/s1. The van der Waals surface area contributed by atoms with Gasteiger partial charge in [0.05, 0.1) is 7.11 Å². The van der Waals surface area contributed by atoms with E-state index in [2.05, 4.69) is 38.2 Å². The molecule has 3 aromatic carbocycles. The number of hydrogen-bond donors (Lipinski definition) is 1. The van der Waals surface area contributed by atoms with E-state index in [4.69, 9.17) is 4.74 Å². The summed E-state index contributed by atoms with van der Waals surface area (Å²) >= 11 is 0. The Bertz CT molecular complexity index is 1020. The van der Waals surface area contributed by atoms with Crippen molar-refractivity contribution < 1.29 is 14.3 Å². The molecule has 0 radical (unpaired) electrons. The van der Waals surface area contributed by atoms with Crippen molar-refractivity contribution in [1.29, 1.82) is 0 Å². The second-order valence-corrected chi connectivity index (χ2v) is 8.26. The summed E-state index contributed by atoms with van der Waals surface area (Å²) in [6.45, 7) is 6.47. The Labute approximate surface area is 171 Å². The number of esters is 1. The van der Waals surface area contributed by atoms with Crippen molar-refractivity contribution in [3.05, 3.63) is 83.4 Å². The zero-order chi connectivity index (χ0) is 21.0. The van der Waals surface area contributed by atoms with E-state index >= 15 is 0 Å². The molecule has 0 fully saturated rings. The summed E-state index contributed by atoms with van der Waals surface area (Å²) in [4.78, 5) is 25.1. The molecule has 0 aliphatic rings. The van der Waals surface area contributed by atoms with Crippen LogP contribution >= 0.6 is 0 Å². The monoisotopic (exact) mass is 389 g/mol. The summed E-state index contributed by atoms with van der Waals surface area (Å²) < 4.78 is 4.92. The van der Waals surface area contributed by atoms with E-state index in [1.54, 1.807) is 6.07 Å². The Balaban J connectivity index is 1.77. The molecular formula is C25H27NO3. The molecule has 0 saturated heterocycles. The molecule has 0 heterocycles. The van der Waals surface area contributed by atoms with Gasteiger partial charge in [0.15, 0.2) is 0 Å². The van der Waals surface area contributed by atoms with E-state index in [-0.39, 0.29) is 11.3 Å². The van der Waals surface area contributed by atoms with E-state index in [1.165, 1.54) is 12.7 Å². The average Bonchev–Trinajstić information content (AvgIpc) is 2.72. The summed E-state index contributed by atoms with van der Waals surface area (Å²) in [6, 6.07) is 20.7. The summed E-state index contributed by atoms with van der Waals surface area (Å²) in [6.07, 6.45) is 0.371. The first-order valence-electron chi connectivity index (χ1n) is 9.75. The van der Waals surface area contributed by atoms with E-state index < -0.39 is 12.0 Å². The highest BCUT2D eigenvalue weighted by atomic mass is 16.5. The number of nitrogens with one attached hydrogen (secondary N) is 1. The van der Waals surface area contributed by atoms with Crippen LogP contribution in [0.15, 0.2) is 66.7 Å². The second kappa shape index (κ2) is 8.48. The van der Waals surface area contributed by atoms with Crippen LogP contribution in [0.5, 0.6) is 0 Å². The lowest BCUT2D eigenvalue weighted by atomic mass is 9.86. The largest absolute Gasteiger partial charge is 0.467 e. The molecule has 0 aliphatic carbocycles. The minimum Gasteiger partial charge on any atom is -0.467 e. The van der Waals surface area contributed by atoms with Crippen LogP contribution in [0.1, 0.15) is 42.3 Å². The van der Waals surface area contributed by atoms with Gasteiger partial charge in [-0.15, -0.1) is 0 Å². The van der Waals surface area contributed by atoms with Gasteiger partial charge in [0.1, 0.15) is 6.04 Å². The molecule has 3 aromatic rings. The van der Waals surface area contributed by atoms with Gasteiger partial charge in [-0.3, -0.25) is 4.79 Å². The molecule has 1 N–H and O–H groups in total. The number of hydrogen-bond acceptors (Lipinski definition) is 3. The topological polar surface area (TPSA) is 55.4 Å². The molecule has 1 atom stereocenters. The van der Waals surface area contributed by atoms with Crippen molar-refractivity contribution in [2.24, 2.45) is 0 Å². The van der Waals surface area contributed by atoms with E-state index in [1.807, 2.05) is 48.5 Å². The number of fused-ring (bicyclic) bond motifs is 1. The molecule has 0 spiro atoms. The van der Waals surface area contributed by atoms with Crippen LogP contribution in [0.25, 0.3) is 10.8 Å². The molecule has 0 saturated carbocycles. The first kappa shape index (κ1) is 20.6. The fraction of sp³-hybridized carbons (Fsp3) is 0.280. The number of ether oxygens (including phenoxy) is 1.